The van der Waals surface area contributed by atoms with E-state index in [9.17, 15) is 14.7 Å². The van der Waals surface area contributed by atoms with Crippen LogP contribution in [0.4, 0.5) is 5.69 Å². The Labute approximate surface area is 124 Å². The van der Waals surface area contributed by atoms with Crippen molar-refractivity contribution in [2.45, 2.75) is 6.61 Å². The summed E-state index contributed by atoms with van der Waals surface area (Å²) in [5, 5.41) is 21.2. The average molecular weight is 301 g/mol. The summed E-state index contributed by atoms with van der Waals surface area (Å²) in [7, 11) is 0. The summed E-state index contributed by atoms with van der Waals surface area (Å²) in [6.45, 7) is -0.195. The van der Waals surface area contributed by atoms with E-state index >= 15 is 0 Å². The SMILES string of the molecule is O=C1C(Nc2ccc(O)cc2)=CC(=O)c2sc(CO)cc21. The van der Waals surface area contributed by atoms with Gasteiger partial charge in [0.15, 0.2) is 5.78 Å². The molecule has 0 atom stereocenters. The molecule has 0 unspecified atom stereocenters. The third-order valence-corrected chi connectivity index (χ3v) is 4.21. The number of nitrogens with one attached hydrogen (secondary N) is 1. The first-order chi connectivity index (χ1) is 10.1. The van der Waals surface area contributed by atoms with Crippen LogP contribution >= 0.6 is 11.3 Å². The number of hydrogen-bond donors (Lipinski definition) is 3. The maximum absolute atomic E-state index is 12.4. The quantitative estimate of drug-likeness (QED) is 0.757. The Morgan fingerprint density at radius 1 is 1.14 bits per heavy atom. The van der Waals surface area contributed by atoms with Gasteiger partial charge in [0.05, 0.1) is 17.2 Å². The van der Waals surface area contributed by atoms with Crippen LogP contribution in [-0.4, -0.2) is 21.8 Å². The lowest BCUT2D eigenvalue weighted by Gasteiger charge is -2.13. The van der Waals surface area contributed by atoms with E-state index in [1.165, 1.54) is 18.2 Å². The number of aromatic hydroxyl groups is 1. The molecule has 0 fully saturated rings. The third kappa shape index (κ3) is 2.46. The van der Waals surface area contributed by atoms with Crippen molar-refractivity contribution in [3.8, 4) is 5.75 Å². The average Bonchev–Trinajstić information content (AvgIpc) is 2.92. The number of ketones is 2. The first-order valence-corrected chi connectivity index (χ1v) is 7.00. The second-order valence-corrected chi connectivity index (χ2v) is 5.67. The minimum atomic E-state index is -0.284. The lowest BCUT2D eigenvalue weighted by molar-refractivity contribution is 0.0988. The molecule has 1 aliphatic carbocycles. The van der Waals surface area contributed by atoms with Crippen LogP contribution in [0, 0.1) is 0 Å². The minimum Gasteiger partial charge on any atom is -0.508 e. The molecule has 5 nitrogen and oxygen atoms in total. The predicted molar refractivity (Wildman–Crippen MR) is 78.7 cm³/mol. The fourth-order valence-electron chi connectivity index (χ4n) is 2.07. The number of allylic oxidation sites excluding steroid dienone is 2. The number of carbonyl (C=O) groups excluding carboxylic acids is 2. The summed E-state index contributed by atoms with van der Waals surface area (Å²) in [5.41, 5.74) is 1.10. The van der Waals surface area contributed by atoms with E-state index in [4.69, 9.17) is 5.11 Å². The van der Waals surface area contributed by atoms with Crippen molar-refractivity contribution in [2.24, 2.45) is 0 Å². The summed E-state index contributed by atoms with van der Waals surface area (Å²) < 4.78 is 0. The van der Waals surface area contributed by atoms with Gasteiger partial charge in [0.25, 0.3) is 0 Å². The van der Waals surface area contributed by atoms with Gasteiger partial charge in [0.1, 0.15) is 5.75 Å². The van der Waals surface area contributed by atoms with Crippen molar-refractivity contribution in [3.63, 3.8) is 0 Å². The monoisotopic (exact) mass is 301 g/mol. The van der Waals surface area contributed by atoms with Crippen LogP contribution in [0.1, 0.15) is 24.9 Å². The van der Waals surface area contributed by atoms with Crippen molar-refractivity contribution >= 4 is 28.6 Å². The highest BCUT2D eigenvalue weighted by Gasteiger charge is 2.28. The van der Waals surface area contributed by atoms with Gasteiger partial charge in [-0.2, -0.15) is 0 Å². The van der Waals surface area contributed by atoms with Gasteiger partial charge in [0.2, 0.25) is 5.78 Å². The number of Topliss-reactive ketones (excluding diaryl/α,β-unsaturated/α-hetero) is 1. The van der Waals surface area contributed by atoms with Crippen molar-refractivity contribution in [1.82, 2.24) is 0 Å². The van der Waals surface area contributed by atoms with Gasteiger partial charge in [-0.05, 0) is 30.3 Å². The lowest BCUT2D eigenvalue weighted by Crippen LogP contribution is -2.19. The van der Waals surface area contributed by atoms with Crippen molar-refractivity contribution in [1.29, 1.82) is 0 Å². The number of hydrogen-bond acceptors (Lipinski definition) is 6. The predicted octanol–water partition coefficient (Wildman–Crippen LogP) is 2.32. The number of phenolic OH excluding ortho intramolecular Hbond substituents is 1. The highest BCUT2D eigenvalue weighted by Crippen LogP contribution is 2.30. The van der Waals surface area contributed by atoms with Gasteiger partial charge >= 0.3 is 0 Å². The van der Waals surface area contributed by atoms with E-state index in [-0.39, 0.29) is 29.6 Å². The Morgan fingerprint density at radius 2 is 1.86 bits per heavy atom. The molecule has 0 bridgehead atoms. The van der Waals surface area contributed by atoms with Gasteiger partial charge in [-0.3, -0.25) is 9.59 Å². The molecular weight excluding hydrogens is 290 g/mol. The summed E-state index contributed by atoms with van der Waals surface area (Å²) in [4.78, 5) is 25.3. The molecule has 0 radical (unpaired) electrons. The van der Waals surface area contributed by atoms with Crippen molar-refractivity contribution < 1.29 is 19.8 Å². The smallest absolute Gasteiger partial charge is 0.210 e. The highest BCUT2D eigenvalue weighted by molar-refractivity contribution is 7.14. The van der Waals surface area contributed by atoms with Crippen molar-refractivity contribution in [3.05, 3.63) is 57.4 Å². The number of benzene rings is 1. The van der Waals surface area contributed by atoms with Gasteiger partial charge in [0, 0.05) is 22.2 Å². The molecule has 1 aromatic carbocycles. The van der Waals surface area contributed by atoms with Gasteiger partial charge in [-0.15, -0.1) is 11.3 Å². The van der Waals surface area contributed by atoms with Crippen LogP contribution in [0.5, 0.6) is 5.75 Å². The van der Waals surface area contributed by atoms with E-state index in [1.54, 1.807) is 18.2 Å². The fourth-order valence-corrected chi connectivity index (χ4v) is 3.00. The Balaban J connectivity index is 1.92. The Morgan fingerprint density at radius 3 is 2.52 bits per heavy atom. The second kappa shape index (κ2) is 5.16. The van der Waals surface area contributed by atoms with E-state index < -0.39 is 0 Å². The van der Waals surface area contributed by atoms with Gasteiger partial charge in [-0.1, -0.05) is 0 Å². The number of phenols is 1. The van der Waals surface area contributed by atoms with Crippen LogP contribution in [0.15, 0.2) is 42.1 Å². The zero-order valence-electron chi connectivity index (χ0n) is 10.8. The van der Waals surface area contributed by atoms with Crippen LogP contribution < -0.4 is 5.32 Å². The van der Waals surface area contributed by atoms with Crippen LogP contribution in [0.2, 0.25) is 0 Å². The number of fused-ring (bicyclic) bond motifs is 1. The Hall–Kier alpha value is -2.44. The zero-order valence-corrected chi connectivity index (χ0v) is 11.6. The lowest BCUT2D eigenvalue weighted by atomic mass is 10.00. The molecule has 3 rings (SSSR count). The number of aliphatic hydroxyl groups is 1. The molecule has 0 aliphatic heterocycles. The molecule has 0 saturated heterocycles. The topological polar surface area (TPSA) is 86.6 Å². The maximum atomic E-state index is 12.4. The standard InChI is InChI=1S/C15H11NO4S/c17-7-10-5-11-14(20)12(6-13(19)15(11)21-10)16-8-1-3-9(18)4-2-8/h1-6,16-18H,7H2. The molecule has 106 valence electrons. The molecule has 0 spiro atoms. The number of anilines is 1. The third-order valence-electron chi connectivity index (χ3n) is 3.07. The Bertz CT molecular complexity index is 758. The Kier molecular flexibility index (Phi) is 3.32. The molecule has 1 aromatic heterocycles. The maximum Gasteiger partial charge on any atom is 0.210 e. The van der Waals surface area contributed by atoms with Crippen LogP contribution in [-0.2, 0) is 6.61 Å². The molecule has 0 amide bonds. The molecule has 21 heavy (non-hydrogen) atoms. The summed E-state index contributed by atoms with van der Waals surface area (Å²) in [6, 6.07) is 7.73. The first-order valence-electron chi connectivity index (χ1n) is 6.19. The number of rotatable bonds is 3. The van der Waals surface area contributed by atoms with E-state index in [2.05, 4.69) is 5.32 Å². The molecule has 1 heterocycles. The second-order valence-electron chi connectivity index (χ2n) is 4.54. The number of carbonyl (C=O) groups is 2. The minimum absolute atomic E-state index is 0.119. The summed E-state index contributed by atoms with van der Waals surface area (Å²) >= 11 is 1.13. The van der Waals surface area contributed by atoms with E-state index in [0.717, 1.165) is 11.3 Å². The molecule has 1 aliphatic rings. The number of thiophene rings is 1. The fraction of sp³-hybridized carbons (Fsp3) is 0.0667. The largest absolute Gasteiger partial charge is 0.508 e. The normalized spacial score (nSPS) is 13.9. The van der Waals surface area contributed by atoms with Crippen molar-refractivity contribution in [2.75, 3.05) is 5.32 Å². The molecular formula is C15H11NO4S. The van der Waals surface area contributed by atoms with Gasteiger partial charge < -0.3 is 15.5 Å². The first kappa shape index (κ1) is 13.5. The van der Waals surface area contributed by atoms with E-state index in [1.807, 2.05) is 0 Å². The molecule has 3 N–H and O–H groups in total. The number of aliphatic hydroxyl groups excluding tert-OH is 1. The highest BCUT2D eigenvalue weighted by atomic mass is 32.1. The van der Waals surface area contributed by atoms with Gasteiger partial charge in [-0.25, -0.2) is 0 Å². The summed E-state index contributed by atoms with van der Waals surface area (Å²) in [6.07, 6.45) is 1.26. The van der Waals surface area contributed by atoms with Crippen LogP contribution in [0.25, 0.3) is 0 Å². The molecule has 6 heteroatoms. The molecule has 2 aromatic rings. The van der Waals surface area contributed by atoms with E-state index in [0.29, 0.717) is 21.0 Å². The van der Waals surface area contributed by atoms with Crippen LogP contribution in [0.3, 0.4) is 0 Å². The summed E-state index contributed by atoms with van der Waals surface area (Å²) in [5.74, 6) is -0.419. The zero-order chi connectivity index (χ0) is 15.0. The molecule has 0 saturated carbocycles.